The maximum Gasteiger partial charge on any atom is 0.251 e. The first-order valence-electron chi connectivity index (χ1n) is 6.46. The Bertz CT molecular complexity index is 584. The Morgan fingerprint density at radius 3 is 2.23 bits per heavy atom. The molecule has 0 aliphatic rings. The average molecular weight is 351 g/mol. The van der Waals surface area contributed by atoms with Gasteiger partial charge in [0.2, 0.25) is 10.0 Å². The number of carbonyl (C=O) groups excluding carboxylic acids is 1. The van der Waals surface area contributed by atoms with E-state index < -0.39 is 15.9 Å². The van der Waals surface area contributed by atoms with Crippen LogP contribution in [0.5, 0.6) is 11.5 Å². The van der Waals surface area contributed by atoms with Gasteiger partial charge in [0, 0.05) is 30.6 Å². The van der Waals surface area contributed by atoms with E-state index >= 15 is 0 Å². The number of amides is 1. The predicted octanol–water partition coefficient (Wildman–Crippen LogP) is 0.592. The first-order valence-corrected chi connectivity index (χ1v) is 8.65. The Morgan fingerprint density at radius 1 is 1.14 bits per heavy atom. The third-order valence-electron chi connectivity index (χ3n) is 2.69. The Kier molecular flexibility index (Phi) is 7.43. The van der Waals surface area contributed by atoms with Crippen LogP contribution in [-0.4, -0.2) is 53.3 Å². The van der Waals surface area contributed by atoms with E-state index in [1.54, 1.807) is 6.07 Å². The number of halogens is 1. The number of nitrogens with one attached hydrogen (secondary N) is 2. The molecule has 0 atom stereocenters. The number of hydrogen-bond acceptors (Lipinski definition) is 5. The summed E-state index contributed by atoms with van der Waals surface area (Å²) in [6, 6.07) is 4.72. The first kappa shape index (κ1) is 18.5. The van der Waals surface area contributed by atoms with Gasteiger partial charge in [-0.2, -0.15) is 0 Å². The lowest BCUT2D eigenvalue weighted by Crippen LogP contribution is -2.35. The largest absolute Gasteiger partial charge is 0.497 e. The molecule has 0 spiro atoms. The Labute approximate surface area is 135 Å². The number of alkyl halides is 1. The number of carbonyl (C=O) groups is 1. The normalized spacial score (nSPS) is 11.0. The maximum atomic E-state index is 12.0. The molecule has 1 aromatic carbocycles. The lowest BCUT2D eigenvalue weighted by atomic mass is 10.2. The molecule has 0 heterocycles. The zero-order chi connectivity index (χ0) is 16.6. The lowest BCUT2D eigenvalue weighted by Gasteiger charge is -2.09. The third-order valence-corrected chi connectivity index (χ3v) is 4.26. The van der Waals surface area contributed by atoms with Crippen molar-refractivity contribution in [3.63, 3.8) is 0 Å². The minimum Gasteiger partial charge on any atom is -0.497 e. The minimum absolute atomic E-state index is 0.0179. The van der Waals surface area contributed by atoms with Crippen LogP contribution in [0.1, 0.15) is 10.4 Å². The van der Waals surface area contributed by atoms with E-state index in [1.807, 2.05) is 0 Å². The Morgan fingerprint density at radius 2 is 1.73 bits per heavy atom. The van der Waals surface area contributed by atoms with Gasteiger partial charge in [-0.15, -0.1) is 11.6 Å². The molecule has 2 N–H and O–H groups in total. The van der Waals surface area contributed by atoms with Gasteiger partial charge in [0.15, 0.2) is 0 Å². The summed E-state index contributed by atoms with van der Waals surface area (Å²) in [5.74, 6) is 0.498. The highest BCUT2D eigenvalue weighted by molar-refractivity contribution is 7.89. The summed E-state index contributed by atoms with van der Waals surface area (Å²) in [5.41, 5.74) is 0.322. The lowest BCUT2D eigenvalue weighted by molar-refractivity contribution is 0.0955. The van der Waals surface area contributed by atoms with Gasteiger partial charge in [0.05, 0.1) is 20.0 Å². The van der Waals surface area contributed by atoms with Crippen molar-refractivity contribution in [2.75, 3.05) is 38.9 Å². The highest BCUT2D eigenvalue weighted by atomic mass is 35.5. The van der Waals surface area contributed by atoms with Crippen LogP contribution < -0.4 is 19.5 Å². The molecule has 7 nitrogen and oxygen atoms in total. The third kappa shape index (κ3) is 6.08. The zero-order valence-corrected chi connectivity index (χ0v) is 14.0. The van der Waals surface area contributed by atoms with Crippen molar-refractivity contribution in [1.29, 1.82) is 0 Å². The zero-order valence-electron chi connectivity index (χ0n) is 12.4. The van der Waals surface area contributed by atoms with Gasteiger partial charge in [-0.25, -0.2) is 13.1 Å². The van der Waals surface area contributed by atoms with Crippen LogP contribution in [0.2, 0.25) is 0 Å². The van der Waals surface area contributed by atoms with Gasteiger partial charge in [0.25, 0.3) is 5.91 Å². The number of benzene rings is 1. The predicted molar refractivity (Wildman–Crippen MR) is 84.4 cm³/mol. The molecular weight excluding hydrogens is 332 g/mol. The molecule has 0 bridgehead atoms. The monoisotopic (exact) mass is 350 g/mol. The summed E-state index contributed by atoms with van der Waals surface area (Å²) in [5, 5.41) is 2.53. The molecule has 0 aromatic heterocycles. The highest BCUT2D eigenvalue weighted by Crippen LogP contribution is 2.22. The smallest absolute Gasteiger partial charge is 0.251 e. The second kappa shape index (κ2) is 8.82. The molecule has 1 aromatic rings. The number of sulfonamides is 1. The number of ether oxygens (including phenoxy) is 2. The standard InChI is InChI=1S/C13H19ClN2O5S/c1-20-11-7-10(8-12(9-11)21-2)13(17)15-5-6-22(18,19)16-4-3-14/h7-9,16H,3-6H2,1-2H3,(H,15,17). The summed E-state index contributed by atoms with van der Waals surface area (Å²) in [6.07, 6.45) is 0. The van der Waals surface area contributed by atoms with Crippen LogP contribution in [0.4, 0.5) is 0 Å². The molecular formula is C13H19ClN2O5S. The summed E-state index contributed by atoms with van der Waals surface area (Å²) in [7, 11) is -0.490. The number of rotatable bonds is 9. The molecule has 124 valence electrons. The first-order chi connectivity index (χ1) is 10.4. The Balaban J connectivity index is 2.62. The molecule has 9 heteroatoms. The van der Waals surface area contributed by atoms with Crippen LogP contribution in [0.15, 0.2) is 18.2 Å². The van der Waals surface area contributed by atoms with Crippen LogP contribution in [0.3, 0.4) is 0 Å². The molecule has 22 heavy (non-hydrogen) atoms. The second-order valence-corrected chi connectivity index (χ2v) is 6.56. The van der Waals surface area contributed by atoms with Gasteiger partial charge in [-0.05, 0) is 12.1 Å². The van der Waals surface area contributed by atoms with Crippen molar-refractivity contribution in [3.8, 4) is 11.5 Å². The van der Waals surface area contributed by atoms with Crippen LogP contribution in [0.25, 0.3) is 0 Å². The number of methoxy groups -OCH3 is 2. The van der Waals surface area contributed by atoms with Crippen molar-refractivity contribution in [2.24, 2.45) is 0 Å². The minimum atomic E-state index is -3.45. The van der Waals surface area contributed by atoms with E-state index in [2.05, 4.69) is 10.0 Å². The molecule has 0 saturated carbocycles. The highest BCUT2D eigenvalue weighted by Gasteiger charge is 2.12. The average Bonchev–Trinajstić information content (AvgIpc) is 2.52. The van der Waals surface area contributed by atoms with Crippen molar-refractivity contribution >= 4 is 27.5 Å². The van der Waals surface area contributed by atoms with Gasteiger partial charge >= 0.3 is 0 Å². The van der Waals surface area contributed by atoms with Crippen LogP contribution >= 0.6 is 11.6 Å². The second-order valence-electron chi connectivity index (χ2n) is 4.26. The van der Waals surface area contributed by atoms with E-state index in [0.29, 0.717) is 17.1 Å². The molecule has 1 rings (SSSR count). The van der Waals surface area contributed by atoms with Crippen molar-refractivity contribution < 1.29 is 22.7 Å². The maximum absolute atomic E-state index is 12.0. The van der Waals surface area contributed by atoms with E-state index in [1.165, 1.54) is 26.4 Å². The molecule has 0 aliphatic heterocycles. The van der Waals surface area contributed by atoms with E-state index in [9.17, 15) is 13.2 Å². The van der Waals surface area contributed by atoms with Gasteiger partial charge < -0.3 is 14.8 Å². The summed E-state index contributed by atoms with van der Waals surface area (Å²) in [4.78, 5) is 12.0. The quantitative estimate of drug-likeness (QED) is 0.636. The van der Waals surface area contributed by atoms with E-state index in [-0.39, 0.29) is 24.7 Å². The van der Waals surface area contributed by atoms with Crippen molar-refractivity contribution in [1.82, 2.24) is 10.0 Å². The van der Waals surface area contributed by atoms with Crippen molar-refractivity contribution in [3.05, 3.63) is 23.8 Å². The SMILES string of the molecule is COc1cc(OC)cc(C(=O)NCCS(=O)(=O)NCCCl)c1. The Hall–Kier alpha value is -1.51. The van der Waals surface area contributed by atoms with E-state index in [4.69, 9.17) is 21.1 Å². The topological polar surface area (TPSA) is 93.7 Å². The summed E-state index contributed by atoms with van der Waals surface area (Å²) >= 11 is 5.41. The van der Waals surface area contributed by atoms with Crippen LogP contribution in [-0.2, 0) is 10.0 Å². The summed E-state index contributed by atoms with van der Waals surface area (Å²) in [6.45, 7) is 0.140. The fraction of sp³-hybridized carbons (Fsp3) is 0.462. The van der Waals surface area contributed by atoms with E-state index in [0.717, 1.165) is 0 Å². The molecule has 0 radical (unpaired) electrons. The molecule has 0 saturated heterocycles. The molecule has 0 unspecified atom stereocenters. The van der Waals surface area contributed by atoms with Crippen molar-refractivity contribution in [2.45, 2.75) is 0 Å². The van der Waals surface area contributed by atoms with Gasteiger partial charge in [0.1, 0.15) is 11.5 Å². The van der Waals surface area contributed by atoms with Gasteiger partial charge in [-0.3, -0.25) is 4.79 Å². The molecule has 0 aliphatic carbocycles. The summed E-state index contributed by atoms with van der Waals surface area (Å²) < 4.78 is 35.5. The fourth-order valence-corrected chi connectivity index (χ4v) is 2.74. The molecule has 1 amide bonds. The van der Waals surface area contributed by atoms with Gasteiger partial charge in [-0.1, -0.05) is 0 Å². The fourth-order valence-electron chi connectivity index (χ4n) is 1.61. The van der Waals surface area contributed by atoms with Crippen LogP contribution in [0, 0.1) is 0 Å². The molecule has 0 fully saturated rings. The number of hydrogen-bond donors (Lipinski definition) is 2.